The molecule has 0 spiro atoms. The molecule has 3 amide bonds. The number of anilines is 6. The summed E-state index contributed by atoms with van der Waals surface area (Å²) in [5.41, 5.74) is 3.94. The highest BCUT2D eigenvalue weighted by Crippen LogP contribution is 2.30. The van der Waals surface area contributed by atoms with Crippen LogP contribution in [0.2, 0.25) is 0 Å². The Kier molecular flexibility index (Phi) is 20.5. The molecule has 0 unspecified atom stereocenters. The highest BCUT2D eigenvalue weighted by molar-refractivity contribution is 6.06. The van der Waals surface area contributed by atoms with E-state index in [0.717, 1.165) is 5.56 Å². The molecule has 7 aromatic carbocycles. The van der Waals surface area contributed by atoms with Crippen LogP contribution in [0.25, 0.3) is 0 Å². The van der Waals surface area contributed by atoms with Gasteiger partial charge in [-0.15, -0.1) is 0 Å². The van der Waals surface area contributed by atoms with Crippen LogP contribution in [0.4, 0.5) is 51.2 Å². The molecule has 388 valence electrons. The van der Waals surface area contributed by atoms with E-state index in [1.54, 1.807) is 103 Å². The molecule has 0 fully saturated rings. The molecule has 0 radical (unpaired) electrons. The van der Waals surface area contributed by atoms with E-state index in [1.807, 2.05) is 51.1 Å². The summed E-state index contributed by atoms with van der Waals surface area (Å²) in [4.78, 5) is 69.4. The third kappa shape index (κ3) is 16.8. The van der Waals surface area contributed by atoms with E-state index in [4.69, 9.17) is 14.2 Å². The van der Waals surface area contributed by atoms with Crippen molar-refractivity contribution >= 4 is 68.9 Å². The molecule has 7 aromatic rings. The van der Waals surface area contributed by atoms with Crippen molar-refractivity contribution in [3.63, 3.8) is 0 Å². The topological polar surface area (TPSA) is 280 Å². The largest absolute Gasteiger partial charge is 0.497 e. The van der Waals surface area contributed by atoms with Gasteiger partial charge in [-0.1, -0.05) is 48.5 Å². The summed E-state index contributed by atoms with van der Waals surface area (Å²) in [6.45, 7) is 6.60. The number of carbonyl (C=O) groups excluding carboxylic acids is 3. The zero-order valence-corrected chi connectivity index (χ0v) is 41.7. The van der Waals surface area contributed by atoms with Gasteiger partial charge in [0.1, 0.15) is 34.3 Å². The summed E-state index contributed by atoms with van der Waals surface area (Å²) in [6.07, 6.45) is 0. The lowest BCUT2D eigenvalue weighted by Gasteiger charge is -2.11. The minimum absolute atomic E-state index is 0.0418. The molecule has 21 heteroatoms. The summed E-state index contributed by atoms with van der Waals surface area (Å²) in [7, 11) is 4.60. The fourth-order valence-electron chi connectivity index (χ4n) is 6.90. The minimum atomic E-state index is -0.514. The van der Waals surface area contributed by atoms with Crippen molar-refractivity contribution in [1.82, 2.24) is 0 Å². The van der Waals surface area contributed by atoms with E-state index < -0.39 is 32.5 Å². The molecule has 0 saturated heterocycles. The molecule has 0 aliphatic rings. The van der Waals surface area contributed by atoms with Crippen molar-refractivity contribution in [1.29, 1.82) is 0 Å². The van der Waals surface area contributed by atoms with Crippen LogP contribution in [-0.2, 0) is 6.54 Å². The number of benzene rings is 7. The first-order valence-corrected chi connectivity index (χ1v) is 23.0. The number of nitro benzene ring substituents is 3. The number of hydrogen-bond acceptors (Lipinski definition) is 15. The average Bonchev–Trinajstić information content (AvgIpc) is 3.41. The lowest BCUT2D eigenvalue weighted by molar-refractivity contribution is -0.384. The second-order valence-electron chi connectivity index (χ2n) is 16.2. The zero-order valence-electron chi connectivity index (χ0n) is 41.7. The normalized spacial score (nSPS) is 10.2. The van der Waals surface area contributed by atoms with Gasteiger partial charge in [0.2, 0.25) is 0 Å². The van der Waals surface area contributed by atoms with E-state index in [0.29, 0.717) is 64.5 Å². The summed E-state index contributed by atoms with van der Waals surface area (Å²) in [5.74, 6) is 0.522. The number of nitrogens with one attached hydrogen (secondary N) is 6. The Morgan fingerprint density at radius 2 is 0.827 bits per heavy atom. The van der Waals surface area contributed by atoms with Crippen LogP contribution in [0, 0.1) is 30.3 Å². The van der Waals surface area contributed by atoms with Crippen molar-refractivity contribution < 1.29 is 43.4 Å². The van der Waals surface area contributed by atoms with Gasteiger partial charge in [-0.2, -0.15) is 0 Å². The molecule has 75 heavy (non-hydrogen) atoms. The van der Waals surface area contributed by atoms with Crippen LogP contribution in [0.3, 0.4) is 0 Å². The van der Waals surface area contributed by atoms with E-state index in [9.17, 15) is 44.7 Å². The monoisotopic (exact) mass is 1020 g/mol. The predicted molar refractivity (Wildman–Crippen MR) is 289 cm³/mol. The third-order valence-corrected chi connectivity index (χ3v) is 10.5. The maximum atomic E-state index is 12.5. The number of nitro groups is 3. The second-order valence-corrected chi connectivity index (χ2v) is 16.2. The van der Waals surface area contributed by atoms with Crippen LogP contribution >= 0.6 is 0 Å². The Hall–Kier alpha value is -10.1. The van der Waals surface area contributed by atoms with Gasteiger partial charge in [0, 0.05) is 89.3 Å². The molecule has 0 atom stereocenters. The molecule has 0 aliphatic carbocycles. The number of carbonyl (C=O) groups is 3. The molecule has 21 nitrogen and oxygen atoms in total. The summed E-state index contributed by atoms with van der Waals surface area (Å²) in [5, 5.41) is 50.9. The standard InChI is InChI=1S/C21H19N3O4.C17H19N3O4.C16H17N3O4/c1-28-18-9-5-8-17(13-18)23-21(25)16-10-11-19(20(12-16)24(26)27)22-14-15-6-3-2-4-7-15;1-11(2)18-15-8-7-12(9-16(15)20(22)23)17(21)19-13-5-4-6-14(10-13)24-3;1-3-17-14-8-7-11(9-15(14)19(21)22)16(20)18-12-5-4-6-13(10-12)23-2/h2-13,22H,14H2,1H3,(H,23,25);4-11,18H,1-3H3,(H,19,21);4-10,17H,3H2,1-2H3,(H,18,20). The Bertz CT molecular complexity index is 3140. The van der Waals surface area contributed by atoms with Gasteiger partial charge in [-0.3, -0.25) is 44.7 Å². The SMILES string of the molecule is CCNc1ccc(C(=O)Nc2cccc(OC)c2)cc1[N+](=O)[O-].COc1cccc(NC(=O)c2ccc(NC(C)C)c([N+](=O)[O-])c2)c1.COc1cccc(NC(=O)c2ccc(NCc3ccccc3)c([N+](=O)[O-])c2)c1. The Morgan fingerprint density at radius 3 is 1.17 bits per heavy atom. The number of nitrogens with zero attached hydrogens (tertiary/aromatic N) is 3. The van der Waals surface area contributed by atoms with Gasteiger partial charge in [0.05, 0.1) is 36.1 Å². The maximum absolute atomic E-state index is 12.5. The summed E-state index contributed by atoms with van der Waals surface area (Å²) < 4.78 is 15.3. The fourth-order valence-corrected chi connectivity index (χ4v) is 6.90. The molecular formula is C54H55N9O12. The van der Waals surface area contributed by atoms with Crippen molar-refractivity contribution in [2.24, 2.45) is 0 Å². The lowest BCUT2D eigenvalue weighted by atomic mass is 10.1. The van der Waals surface area contributed by atoms with Crippen molar-refractivity contribution in [2.45, 2.75) is 33.4 Å². The first-order chi connectivity index (χ1) is 36.0. The van der Waals surface area contributed by atoms with Crippen molar-refractivity contribution in [3.05, 3.63) is 210 Å². The zero-order chi connectivity index (χ0) is 54.4. The summed E-state index contributed by atoms with van der Waals surface area (Å²) >= 11 is 0. The average molecular weight is 1020 g/mol. The molecule has 0 bridgehead atoms. The molecule has 7 rings (SSSR count). The summed E-state index contributed by atoms with van der Waals surface area (Å²) in [6, 6.07) is 43.3. The van der Waals surface area contributed by atoms with E-state index in [2.05, 4.69) is 31.9 Å². The second kappa shape index (κ2) is 27.5. The van der Waals surface area contributed by atoms with E-state index in [-0.39, 0.29) is 39.8 Å². The van der Waals surface area contributed by atoms with Gasteiger partial charge >= 0.3 is 0 Å². The highest BCUT2D eigenvalue weighted by Gasteiger charge is 2.21. The molecule has 0 saturated carbocycles. The first kappa shape index (κ1) is 55.9. The van der Waals surface area contributed by atoms with Gasteiger partial charge in [0.15, 0.2) is 0 Å². The number of rotatable bonds is 19. The van der Waals surface area contributed by atoms with Crippen molar-refractivity contribution in [2.75, 3.05) is 59.8 Å². The van der Waals surface area contributed by atoms with Gasteiger partial charge < -0.3 is 46.1 Å². The number of amides is 3. The fraction of sp³-hybridized carbons (Fsp3) is 0.167. The van der Waals surface area contributed by atoms with E-state index in [1.165, 1.54) is 45.6 Å². The third-order valence-electron chi connectivity index (χ3n) is 10.5. The van der Waals surface area contributed by atoms with Gasteiger partial charge in [-0.25, -0.2) is 0 Å². The maximum Gasteiger partial charge on any atom is 0.293 e. The van der Waals surface area contributed by atoms with Crippen LogP contribution < -0.4 is 46.1 Å². The number of ether oxygens (including phenoxy) is 3. The van der Waals surface area contributed by atoms with Gasteiger partial charge in [0.25, 0.3) is 34.8 Å². The quantitative estimate of drug-likeness (QED) is 0.0324. The van der Waals surface area contributed by atoms with Crippen LogP contribution in [0.1, 0.15) is 57.4 Å². The molecule has 0 aromatic heterocycles. The minimum Gasteiger partial charge on any atom is -0.497 e. The van der Waals surface area contributed by atoms with Crippen molar-refractivity contribution in [3.8, 4) is 17.2 Å². The first-order valence-electron chi connectivity index (χ1n) is 23.0. The Balaban J connectivity index is 0.000000209. The van der Waals surface area contributed by atoms with Crippen LogP contribution in [0.15, 0.2) is 158 Å². The Morgan fingerprint density at radius 1 is 0.467 bits per heavy atom. The van der Waals surface area contributed by atoms with Crippen LogP contribution in [0.5, 0.6) is 17.2 Å². The molecular weight excluding hydrogens is 967 g/mol. The smallest absolute Gasteiger partial charge is 0.293 e. The highest BCUT2D eigenvalue weighted by atomic mass is 16.6. The predicted octanol–water partition coefficient (Wildman–Crippen LogP) is 11.4. The number of hydrogen-bond donors (Lipinski definition) is 6. The van der Waals surface area contributed by atoms with E-state index >= 15 is 0 Å². The Labute approximate surface area is 431 Å². The lowest BCUT2D eigenvalue weighted by Crippen LogP contribution is -2.14. The molecule has 6 N–H and O–H groups in total. The molecule has 0 heterocycles. The number of methoxy groups -OCH3 is 3. The molecule has 0 aliphatic heterocycles. The van der Waals surface area contributed by atoms with Gasteiger partial charge in [-0.05, 0) is 99.1 Å². The van der Waals surface area contributed by atoms with Crippen LogP contribution in [-0.4, -0.2) is 66.4 Å².